The lowest BCUT2D eigenvalue weighted by molar-refractivity contribution is -0.128. The summed E-state index contributed by atoms with van der Waals surface area (Å²) < 4.78 is 13.5. The number of carbonyl (C=O) groups excluding carboxylic acids is 1. The Labute approximate surface area is 151 Å². The number of para-hydroxylation sites is 2. The number of fused-ring (bicyclic) bond motifs is 1. The minimum Gasteiger partial charge on any atom is -0.482 e. The number of benzene rings is 2. The minimum absolute atomic E-state index is 0.230. The van der Waals surface area contributed by atoms with E-state index in [0.717, 1.165) is 5.56 Å². The van der Waals surface area contributed by atoms with Gasteiger partial charge in [0.1, 0.15) is 6.10 Å². The van der Waals surface area contributed by atoms with E-state index in [1.165, 1.54) is 0 Å². The number of aromatic nitrogens is 2. The maximum Gasteiger partial charge on any atom is 0.269 e. The third-order valence-electron chi connectivity index (χ3n) is 4.23. The molecule has 26 heavy (non-hydrogen) atoms. The SMILES string of the molecule is CC1Oc2ccccc2OC1C(=O)Nc1ccc(Cn2cccn2)cc1. The van der Waals surface area contributed by atoms with Gasteiger partial charge in [-0.3, -0.25) is 9.48 Å². The van der Waals surface area contributed by atoms with Crippen LogP contribution in [0.4, 0.5) is 5.69 Å². The Morgan fingerprint density at radius 2 is 1.81 bits per heavy atom. The number of nitrogens with one attached hydrogen (secondary N) is 1. The molecule has 1 aromatic heterocycles. The first-order chi connectivity index (χ1) is 12.7. The first-order valence-corrected chi connectivity index (χ1v) is 8.48. The van der Waals surface area contributed by atoms with Crippen molar-refractivity contribution in [3.05, 3.63) is 72.6 Å². The van der Waals surface area contributed by atoms with E-state index in [1.807, 2.05) is 66.3 Å². The summed E-state index contributed by atoms with van der Waals surface area (Å²) in [5, 5.41) is 7.08. The summed E-state index contributed by atoms with van der Waals surface area (Å²) in [5.74, 6) is 1.01. The maximum absolute atomic E-state index is 12.6. The van der Waals surface area contributed by atoms with Crippen LogP contribution in [0, 0.1) is 0 Å². The van der Waals surface area contributed by atoms with E-state index in [1.54, 1.807) is 12.3 Å². The zero-order valence-electron chi connectivity index (χ0n) is 14.3. The summed E-state index contributed by atoms with van der Waals surface area (Å²) >= 11 is 0. The van der Waals surface area contributed by atoms with Crippen LogP contribution in [0.15, 0.2) is 67.0 Å². The number of nitrogens with zero attached hydrogens (tertiary/aromatic N) is 2. The van der Waals surface area contributed by atoms with Gasteiger partial charge in [0.15, 0.2) is 11.5 Å². The fourth-order valence-corrected chi connectivity index (χ4v) is 2.89. The van der Waals surface area contributed by atoms with Gasteiger partial charge in [-0.05, 0) is 42.8 Å². The normalized spacial score (nSPS) is 18.3. The van der Waals surface area contributed by atoms with Gasteiger partial charge in [-0.2, -0.15) is 5.10 Å². The molecule has 132 valence electrons. The molecule has 2 atom stereocenters. The number of anilines is 1. The van der Waals surface area contributed by atoms with Gasteiger partial charge in [-0.25, -0.2) is 0 Å². The van der Waals surface area contributed by atoms with Crippen LogP contribution in [-0.2, 0) is 11.3 Å². The Morgan fingerprint density at radius 3 is 2.50 bits per heavy atom. The lowest BCUT2D eigenvalue weighted by atomic mass is 10.1. The standard InChI is InChI=1S/C20H19N3O3/c1-14-19(26-18-6-3-2-5-17(18)25-14)20(24)22-16-9-7-15(8-10-16)13-23-12-4-11-21-23/h2-12,14,19H,13H2,1H3,(H,22,24). The number of carbonyl (C=O) groups is 1. The Balaban J connectivity index is 1.41. The number of rotatable bonds is 4. The monoisotopic (exact) mass is 349 g/mol. The van der Waals surface area contributed by atoms with Gasteiger partial charge in [0, 0.05) is 18.1 Å². The summed E-state index contributed by atoms with van der Waals surface area (Å²) in [4.78, 5) is 12.6. The molecule has 0 aliphatic carbocycles. The van der Waals surface area contributed by atoms with Gasteiger partial charge in [0.25, 0.3) is 5.91 Å². The summed E-state index contributed by atoms with van der Waals surface area (Å²) in [6.45, 7) is 2.52. The summed E-state index contributed by atoms with van der Waals surface area (Å²) in [6.07, 6.45) is 2.59. The predicted molar refractivity (Wildman–Crippen MR) is 97.3 cm³/mol. The zero-order chi connectivity index (χ0) is 17.9. The first-order valence-electron chi connectivity index (χ1n) is 8.48. The molecule has 0 spiro atoms. The van der Waals surface area contributed by atoms with Gasteiger partial charge in [0.05, 0.1) is 6.54 Å². The van der Waals surface area contributed by atoms with E-state index in [0.29, 0.717) is 23.7 Å². The summed E-state index contributed by atoms with van der Waals surface area (Å²) in [5.41, 5.74) is 1.82. The Morgan fingerprint density at radius 1 is 1.08 bits per heavy atom. The van der Waals surface area contributed by atoms with Crippen molar-refractivity contribution in [3.63, 3.8) is 0 Å². The van der Waals surface area contributed by atoms with Crippen molar-refractivity contribution >= 4 is 11.6 Å². The van der Waals surface area contributed by atoms with E-state index in [-0.39, 0.29) is 12.0 Å². The first kappa shape index (κ1) is 16.2. The van der Waals surface area contributed by atoms with Gasteiger partial charge in [-0.1, -0.05) is 24.3 Å². The molecule has 0 radical (unpaired) electrons. The number of ether oxygens (including phenoxy) is 2. The van der Waals surface area contributed by atoms with Crippen LogP contribution in [0.1, 0.15) is 12.5 Å². The molecular formula is C20H19N3O3. The molecule has 3 aromatic rings. The molecule has 1 aliphatic rings. The molecule has 0 fully saturated rings. The molecule has 6 nitrogen and oxygen atoms in total. The second-order valence-corrected chi connectivity index (χ2v) is 6.20. The molecule has 2 heterocycles. The van der Waals surface area contributed by atoms with E-state index < -0.39 is 6.10 Å². The number of hydrogen-bond donors (Lipinski definition) is 1. The second-order valence-electron chi connectivity index (χ2n) is 6.20. The third kappa shape index (κ3) is 3.39. The minimum atomic E-state index is -0.700. The number of amides is 1. The van der Waals surface area contributed by atoms with Crippen molar-refractivity contribution in [1.82, 2.24) is 9.78 Å². The molecule has 0 bridgehead atoms. The van der Waals surface area contributed by atoms with Gasteiger partial charge in [0.2, 0.25) is 6.10 Å². The van der Waals surface area contributed by atoms with Gasteiger partial charge in [-0.15, -0.1) is 0 Å². The van der Waals surface area contributed by atoms with E-state index >= 15 is 0 Å². The van der Waals surface area contributed by atoms with Crippen LogP contribution < -0.4 is 14.8 Å². The van der Waals surface area contributed by atoms with Crippen molar-refractivity contribution in [2.75, 3.05) is 5.32 Å². The quantitative estimate of drug-likeness (QED) is 0.786. The zero-order valence-corrected chi connectivity index (χ0v) is 14.3. The summed E-state index contributed by atoms with van der Waals surface area (Å²) in [7, 11) is 0. The fourth-order valence-electron chi connectivity index (χ4n) is 2.89. The largest absolute Gasteiger partial charge is 0.482 e. The molecule has 1 N–H and O–H groups in total. The third-order valence-corrected chi connectivity index (χ3v) is 4.23. The molecule has 0 saturated carbocycles. The van der Waals surface area contributed by atoms with E-state index in [2.05, 4.69) is 10.4 Å². The van der Waals surface area contributed by atoms with Crippen LogP contribution in [0.25, 0.3) is 0 Å². The second kappa shape index (κ2) is 6.92. The van der Waals surface area contributed by atoms with Crippen LogP contribution >= 0.6 is 0 Å². The van der Waals surface area contributed by atoms with Gasteiger partial charge >= 0.3 is 0 Å². The fraction of sp³-hybridized carbons (Fsp3) is 0.200. The number of hydrogen-bond acceptors (Lipinski definition) is 4. The molecule has 6 heteroatoms. The molecule has 1 aliphatic heterocycles. The van der Waals surface area contributed by atoms with Crippen LogP contribution in [-0.4, -0.2) is 27.9 Å². The average molecular weight is 349 g/mol. The van der Waals surface area contributed by atoms with Crippen LogP contribution in [0.3, 0.4) is 0 Å². The molecule has 1 amide bonds. The lowest BCUT2D eigenvalue weighted by Gasteiger charge is -2.31. The van der Waals surface area contributed by atoms with Crippen molar-refractivity contribution in [2.45, 2.75) is 25.7 Å². The highest BCUT2D eigenvalue weighted by Gasteiger charge is 2.34. The molecule has 2 unspecified atom stereocenters. The summed E-state index contributed by atoms with van der Waals surface area (Å²) in [6, 6.07) is 16.9. The predicted octanol–water partition coefficient (Wildman–Crippen LogP) is 3.10. The van der Waals surface area contributed by atoms with Crippen molar-refractivity contribution in [1.29, 1.82) is 0 Å². The topological polar surface area (TPSA) is 65.4 Å². The smallest absolute Gasteiger partial charge is 0.269 e. The van der Waals surface area contributed by atoms with Crippen molar-refractivity contribution in [3.8, 4) is 11.5 Å². The van der Waals surface area contributed by atoms with Crippen molar-refractivity contribution < 1.29 is 14.3 Å². The van der Waals surface area contributed by atoms with Gasteiger partial charge < -0.3 is 14.8 Å². The highest BCUT2D eigenvalue weighted by atomic mass is 16.6. The lowest BCUT2D eigenvalue weighted by Crippen LogP contribution is -2.46. The Hall–Kier alpha value is -3.28. The van der Waals surface area contributed by atoms with Crippen LogP contribution in [0.2, 0.25) is 0 Å². The maximum atomic E-state index is 12.6. The molecular weight excluding hydrogens is 330 g/mol. The van der Waals surface area contributed by atoms with Crippen LogP contribution in [0.5, 0.6) is 11.5 Å². The Kier molecular flexibility index (Phi) is 4.31. The molecule has 2 aromatic carbocycles. The van der Waals surface area contributed by atoms with E-state index in [9.17, 15) is 4.79 Å². The highest BCUT2D eigenvalue weighted by Crippen LogP contribution is 2.33. The average Bonchev–Trinajstić information content (AvgIpc) is 3.16. The van der Waals surface area contributed by atoms with E-state index in [4.69, 9.17) is 9.47 Å². The highest BCUT2D eigenvalue weighted by molar-refractivity contribution is 5.95. The van der Waals surface area contributed by atoms with Crippen molar-refractivity contribution in [2.24, 2.45) is 0 Å². The Bertz CT molecular complexity index is 891. The molecule has 0 saturated heterocycles. The molecule has 4 rings (SSSR count).